The van der Waals surface area contributed by atoms with Crippen molar-refractivity contribution in [1.82, 2.24) is 0 Å². The molecule has 2 aromatic rings. The molecule has 21 heavy (non-hydrogen) atoms. The number of methoxy groups -OCH3 is 1. The maximum atomic E-state index is 12.2. The number of rotatable bonds is 3. The Bertz CT molecular complexity index is 608. The lowest BCUT2D eigenvalue weighted by molar-refractivity contribution is -0.142. The average Bonchev–Trinajstić information content (AvgIpc) is 3.07. The van der Waals surface area contributed by atoms with E-state index in [1.807, 2.05) is 60.7 Å². The van der Waals surface area contributed by atoms with Crippen molar-refractivity contribution in [3.63, 3.8) is 0 Å². The number of alkyl halides is 2. The van der Waals surface area contributed by atoms with Gasteiger partial charge in [-0.15, -0.1) is 23.2 Å². The lowest BCUT2D eigenvalue weighted by Crippen LogP contribution is -2.11. The third kappa shape index (κ3) is 1.90. The predicted molar refractivity (Wildman–Crippen MR) is 83.5 cm³/mol. The summed E-state index contributed by atoms with van der Waals surface area (Å²) in [5.41, 5.74) is 1.64. The van der Waals surface area contributed by atoms with Crippen LogP contribution in [0.15, 0.2) is 60.7 Å². The summed E-state index contributed by atoms with van der Waals surface area (Å²) in [6.45, 7) is 0. The zero-order chi connectivity index (χ0) is 15.1. The van der Waals surface area contributed by atoms with Gasteiger partial charge in [-0.25, -0.2) is 0 Å². The Morgan fingerprint density at radius 3 is 1.62 bits per heavy atom. The van der Waals surface area contributed by atoms with Crippen molar-refractivity contribution in [2.45, 2.75) is 9.75 Å². The topological polar surface area (TPSA) is 26.3 Å². The Hall–Kier alpha value is -1.51. The van der Waals surface area contributed by atoms with Gasteiger partial charge in [0.25, 0.3) is 0 Å². The van der Waals surface area contributed by atoms with Crippen LogP contribution in [0.2, 0.25) is 0 Å². The Morgan fingerprint density at radius 2 is 1.29 bits per heavy atom. The highest BCUT2D eigenvalue weighted by atomic mass is 35.5. The van der Waals surface area contributed by atoms with Crippen molar-refractivity contribution in [2.75, 3.05) is 7.11 Å². The van der Waals surface area contributed by atoms with Gasteiger partial charge in [-0.1, -0.05) is 60.7 Å². The van der Waals surface area contributed by atoms with Crippen LogP contribution in [0.1, 0.15) is 11.1 Å². The number of carbonyl (C=O) groups is 1. The van der Waals surface area contributed by atoms with Gasteiger partial charge in [0.05, 0.1) is 7.11 Å². The summed E-state index contributed by atoms with van der Waals surface area (Å²) in [5, 5.41) is 0. The standard InChI is InChI=1S/C17H14Cl2O2/c1-21-15(20)14-16(18,12-8-4-2-5-9-12)17(14,19)13-10-6-3-7-11-13/h2-11,14H,1H3/t14?,16-,17+. The quantitative estimate of drug-likeness (QED) is 0.629. The van der Waals surface area contributed by atoms with E-state index in [2.05, 4.69) is 0 Å². The molecule has 1 unspecified atom stereocenters. The van der Waals surface area contributed by atoms with Gasteiger partial charge in [0.2, 0.25) is 0 Å². The van der Waals surface area contributed by atoms with Gasteiger partial charge >= 0.3 is 5.97 Å². The number of carbonyl (C=O) groups excluding carboxylic acids is 1. The van der Waals surface area contributed by atoms with E-state index >= 15 is 0 Å². The molecule has 108 valence electrons. The van der Waals surface area contributed by atoms with Crippen molar-refractivity contribution in [2.24, 2.45) is 5.92 Å². The molecule has 0 bridgehead atoms. The normalized spacial score (nSPS) is 30.7. The Morgan fingerprint density at radius 1 is 0.905 bits per heavy atom. The van der Waals surface area contributed by atoms with Crippen LogP contribution in [0.3, 0.4) is 0 Å². The number of ether oxygens (including phenoxy) is 1. The summed E-state index contributed by atoms with van der Waals surface area (Å²) in [4.78, 5) is 10.2. The number of hydrogen-bond acceptors (Lipinski definition) is 2. The molecule has 3 atom stereocenters. The van der Waals surface area contributed by atoms with Crippen LogP contribution < -0.4 is 0 Å². The highest BCUT2D eigenvalue weighted by molar-refractivity contribution is 6.42. The molecule has 1 aliphatic carbocycles. The van der Waals surface area contributed by atoms with Crippen LogP contribution >= 0.6 is 23.2 Å². The first-order valence-electron chi connectivity index (χ1n) is 6.63. The highest BCUT2D eigenvalue weighted by Gasteiger charge is 2.81. The largest absolute Gasteiger partial charge is 0.469 e. The van der Waals surface area contributed by atoms with Crippen LogP contribution in [-0.4, -0.2) is 13.1 Å². The Labute approximate surface area is 133 Å². The summed E-state index contributed by atoms with van der Waals surface area (Å²) < 4.78 is 4.90. The first-order chi connectivity index (χ1) is 10.1. The molecule has 0 spiro atoms. The van der Waals surface area contributed by atoms with Crippen LogP contribution in [0.5, 0.6) is 0 Å². The molecule has 0 aromatic heterocycles. The monoisotopic (exact) mass is 320 g/mol. The SMILES string of the molecule is COC(=O)C1[C@](Cl)(c2ccccc2)[C@]1(Cl)c1ccccc1. The average molecular weight is 321 g/mol. The van der Waals surface area contributed by atoms with E-state index in [0.29, 0.717) is 0 Å². The summed E-state index contributed by atoms with van der Waals surface area (Å²) in [6.07, 6.45) is 0. The zero-order valence-corrected chi connectivity index (χ0v) is 12.9. The van der Waals surface area contributed by atoms with E-state index < -0.39 is 21.6 Å². The maximum Gasteiger partial charge on any atom is 0.313 e. The summed E-state index contributed by atoms with van der Waals surface area (Å²) in [6, 6.07) is 18.9. The van der Waals surface area contributed by atoms with Gasteiger partial charge in [-0.2, -0.15) is 0 Å². The van der Waals surface area contributed by atoms with Crippen molar-refractivity contribution < 1.29 is 9.53 Å². The Kier molecular flexibility index (Phi) is 3.46. The third-order valence-corrected chi connectivity index (χ3v) is 5.63. The van der Waals surface area contributed by atoms with Gasteiger partial charge < -0.3 is 4.74 Å². The van der Waals surface area contributed by atoms with E-state index in [1.165, 1.54) is 7.11 Å². The van der Waals surface area contributed by atoms with E-state index in [-0.39, 0.29) is 0 Å². The van der Waals surface area contributed by atoms with Crippen molar-refractivity contribution in [1.29, 1.82) is 0 Å². The van der Waals surface area contributed by atoms with E-state index in [9.17, 15) is 4.79 Å². The maximum absolute atomic E-state index is 12.2. The van der Waals surface area contributed by atoms with Gasteiger partial charge in [0.15, 0.2) is 0 Å². The lowest BCUT2D eigenvalue weighted by atomic mass is 10.0. The molecule has 0 N–H and O–H groups in total. The summed E-state index contributed by atoms with van der Waals surface area (Å²) in [7, 11) is 1.35. The fourth-order valence-corrected chi connectivity index (χ4v) is 4.10. The van der Waals surface area contributed by atoms with Crippen LogP contribution in [-0.2, 0) is 19.3 Å². The van der Waals surface area contributed by atoms with E-state index in [1.54, 1.807) is 0 Å². The fourth-order valence-electron chi connectivity index (χ4n) is 2.96. The van der Waals surface area contributed by atoms with Crippen molar-refractivity contribution in [3.05, 3.63) is 71.8 Å². The van der Waals surface area contributed by atoms with Crippen LogP contribution in [0.4, 0.5) is 0 Å². The molecular formula is C17H14Cl2O2. The molecular weight excluding hydrogens is 307 g/mol. The number of esters is 1. The molecule has 1 saturated carbocycles. The lowest BCUT2D eigenvalue weighted by Gasteiger charge is -2.15. The molecule has 0 radical (unpaired) electrons. The first-order valence-corrected chi connectivity index (χ1v) is 7.39. The number of halogens is 2. The number of benzene rings is 2. The summed E-state index contributed by atoms with van der Waals surface area (Å²) >= 11 is 13.6. The molecule has 0 aliphatic heterocycles. The number of hydrogen-bond donors (Lipinski definition) is 0. The fraction of sp³-hybridized carbons (Fsp3) is 0.235. The third-order valence-electron chi connectivity index (χ3n) is 4.07. The first kappa shape index (κ1) is 14.4. The molecule has 1 aliphatic rings. The zero-order valence-electron chi connectivity index (χ0n) is 11.4. The molecule has 4 heteroatoms. The smallest absolute Gasteiger partial charge is 0.313 e. The minimum Gasteiger partial charge on any atom is -0.469 e. The molecule has 2 aromatic carbocycles. The van der Waals surface area contributed by atoms with Crippen LogP contribution in [0, 0.1) is 5.92 Å². The molecule has 0 saturated heterocycles. The Balaban J connectivity index is 2.13. The minimum atomic E-state index is -0.996. The second kappa shape index (κ2) is 5.04. The predicted octanol–water partition coefficient (Wildman–Crippen LogP) is 4.06. The second-order valence-electron chi connectivity index (χ2n) is 5.11. The van der Waals surface area contributed by atoms with Gasteiger partial charge in [0.1, 0.15) is 15.7 Å². The van der Waals surface area contributed by atoms with E-state index in [4.69, 9.17) is 27.9 Å². The van der Waals surface area contributed by atoms with E-state index in [0.717, 1.165) is 11.1 Å². The highest BCUT2D eigenvalue weighted by Crippen LogP contribution is 2.75. The molecule has 0 amide bonds. The summed E-state index contributed by atoms with van der Waals surface area (Å²) in [5.74, 6) is -1.02. The van der Waals surface area contributed by atoms with Crippen molar-refractivity contribution in [3.8, 4) is 0 Å². The van der Waals surface area contributed by atoms with Crippen molar-refractivity contribution >= 4 is 29.2 Å². The van der Waals surface area contributed by atoms with Crippen LogP contribution in [0.25, 0.3) is 0 Å². The van der Waals surface area contributed by atoms with Gasteiger partial charge in [-0.3, -0.25) is 4.79 Å². The second-order valence-corrected chi connectivity index (χ2v) is 6.30. The molecule has 3 rings (SSSR count). The van der Waals surface area contributed by atoms with Gasteiger partial charge in [-0.05, 0) is 11.1 Å². The van der Waals surface area contributed by atoms with Gasteiger partial charge in [0, 0.05) is 0 Å². The molecule has 2 nitrogen and oxygen atoms in total. The minimum absolute atomic E-state index is 0.396. The molecule has 1 fully saturated rings. The molecule has 0 heterocycles.